The number of carbonyl (C=O) groups excluding carboxylic acids is 2. The average Bonchev–Trinajstić information content (AvgIpc) is 3.22. The maximum absolute atomic E-state index is 12.7. The van der Waals surface area contributed by atoms with Crippen LogP contribution < -0.4 is 10.6 Å². The number of amides is 2. The van der Waals surface area contributed by atoms with Crippen LogP contribution in [0, 0.1) is 0 Å². The lowest BCUT2D eigenvalue weighted by Crippen LogP contribution is -2.47. The highest BCUT2D eigenvalue weighted by molar-refractivity contribution is 6.31. The molecule has 3 rings (SSSR count). The number of benzene rings is 2. The van der Waals surface area contributed by atoms with Crippen LogP contribution in [0.25, 0.3) is 0 Å². The quantitative estimate of drug-likeness (QED) is 0.656. The summed E-state index contributed by atoms with van der Waals surface area (Å²) in [5.74, 6) is -0.570. The summed E-state index contributed by atoms with van der Waals surface area (Å²) in [6.45, 7) is 0.278. The van der Waals surface area contributed by atoms with Gasteiger partial charge in [-0.15, -0.1) is 0 Å². The third-order valence-corrected chi connectivity index (χ3v) is 4.43. The van der Waals surface area contributed by atoms with E-state index in [1.807, 2.05) is 48.5 Å². The lowest BCUT2D eigenvalue weighted by Gasteiger charge is -2.18. The molecule has 0 saturated carbocycles. The topological polar surface area (TPSA) is 71.3 Å². The number of furan rings is 1. The molecule has 27 heavy (non-hydrogen) atoms. The molecule has 0 aliphatic rings. The Hall–Kier alpha value is -3.05. The van der Waals surface area contributed by atoms with Gasteiger partial charge in [-0.1, -0.05) is 60.1 Å². The molecule has 6 heteroatoms. The van der Waals surface area contributed by atoms with E-state index in [9.17, 15) is 9.59 Å². The van der Waals surface area contributed by atoms with Gasteiger partial charge in [-0.2, -0.15) is 0 Å². The Kier molecular flexibility index (Phi) is 6.28. The number of nitrogens with one attached hydrogen (secondary N) is 2. The summed E-state index contributed by atoms with van der Waals surface area (Å²) in [7, 11) is 0. The van der Waals surface area contributed by atoms with Crippen LogP contribution in [0.15, 0.2) is 77.4 Å². The molecule has 2 amide bonds. The van der Waals surface area contributed by atoms with Crippen molar-refractivity contribution in [3.63, 3.8) is 0 Å². The molecule has 3 aromatic rings. The summed E-state index contributed by atoms with van der Waals surface area (Å²) < 4.78 is 5.11. The van der Waals surface area contributed by atoms with Gasteiger partial charge in [-0.3, -0.25) is 9.59 Å². The summed E-state index contributed by atoms with van der Waals surface area (Å²) in [6.07, 6.45) is 1.78. The molecule has 2 N–H and O–H groups in total. The van der Waals surface area contributed by atoms with Crippen molar-refractivity contribution in [2.24, 2.45) is 0 Å². The predicted molar refractivity (Wildman–Crippen MR) is 103 cm³/mol. The highest BCUT2D eigenvalue weighted by atomic mass is 35.5. The summed E-state index contributed by atoms with van der Waals surface area (Å²) in [6, 6.07) is 19.2. The van der Waals surface area contributed by atoms with Gasteiger partial charge >= 0.3 is 0 Å². The molecule has 0 saturated heterocycles. The highest BCUT2D eigenvalue weighted by Gasteiger charge is 2.23. The number of hydrogen-bond donors (Lipinski definition) is 2. The molecule has 0 unspecified atom stereocenters. The van der Waals surface area contributed by atoms with Gasteiger partial charge in [0, 0.05) is 18.0 Å². The molecular formula is C21H19ClN2O3. The van der Waals surface area contributed by atoms with E-state index < -0.39 is 11.9 Å². The number of halogens is 1. The normalized spacial score (nSPS) is 11.6. The summed E-state index contributed by atoms with van der Waals surface area (Å²) in [5.41, 5.74) is 1.75. The van der Waals surface area contributed by atoms with Gasteiger partial charge in [0.1, 0.15) is 6.04 Å². The lowest BCUT2D eigenvalue weighted by molar-refractivity contribution is -0.123. The van der Waals surface area contributed by atoms with E-state index in [-0.39, 0.29) is 18.2 Å². The monoisotopic (exact) mass is 382 g/mol. The van der Waals surface area contributed by atoms with E-state index in [0.717, 1.165) is 11.1 Å². The minimum atomic E-state index is -0.743. The van der Waals surface area contributed by atoms with Crippen molar-refractivity contribution in [2.75, 3.05) is 0 Å². The number of rotatable bonds is 7. The maximum Gasteiger partial charge on any atom is 0.287 e. The molecular weight excluding hydrogens is 364 g/mol. The van der Waals surface area contributed by atoms with E-state index in [1.165, 1.54) is 6.26 Å². The van der Waals surface area contributed by atoms with Gasteiger partial charge in [0.25, 0.3) is 5.91 Å². The Labute approximate surface area is 162 Å². The van der Waals surface area contributed by atoms with Crippen molar-refractivity contribution in [1.29, 1.82) is 0 Å². The first kappa shape index (κ1) is 18.7. The lowest BCUT2D eigenvalue weighted by atomic mass is 10.0. The van der Waals surface area contributed by atoms with E-state index in [4.69, 9.17) is 16.0 Å². The molecule has 5 nitrogen and oxygen atoms in total. The average molecular weight is 383 g/mol. The SMILES string of the molecule is O=C(N[C@@H](Cc1ccccc1)C(=O)NCc1ccccc1Cl)c1ccco1. The van der Waals surface area contributed by atoms with Crippen LogP contribution >= 0.6 is 11.6 Å². The van der Waals surface area contributed by atoms with Crippen LogP contribution in [-0.2, 0) is 17.8 Å². The van der Waals surface area contributed by atoms with Crippen molar-refractivity contribution < 1.29 is 14.0 Å². The molecule has 1 aromatic heterocycles. The van der Waals surface area contributed by atoms with Crippen LogP contribution in [0.1, 0.15) is 21.7 Å². The van der Waals surface area contributed by atoms with Gasteiger partial charge in [0.2, 0.25) is 5.91 Å². The molecule has 0 aliphatic carbocycles. The minimum absolute atomic E-state index is 0.159. The summed E-state index contributed by atoms with van der Waals surface area (Å²) in [4.78, 5) is 25.1. The standard InChI is InChI=1S/C21H19ClN2O3/c22-17-10-5-4-9-16(17)14-23-20(25)18(13-15-7-2-1-3-8-15)24-21(26)19-11-6-12-27-19/h1-12,18H,13-14H2,(H,23,25)(H,24,26)/t18-/m0/s1. The van der Waals surface area contributed by atoms with Crippen molar-refractivity contribution in [2.45, 2.75) is 19.0 Å². The number of hydrogen-bond acceptors (Lipinski definition) is 3. The largest absolute Gasteiger partial charge is 0.459 e. The second-order valence-electron chi connectivity index (χ2n) is 6.00. The Bertz CT molecular complexity index is 895. The van der Waals surface area contributed by atoms with Crippen LogP contribution in [0.5, 0.6) is 0 Å². The molecule has 1 heterocycles. The molecule has 0 bridgehead atoms. The van der Waals surface area contributed by atoms with E-state index >= 15 is 0 Å². The van der Waals surface area contributed by atoms with Crippen molar-refractivity contribution >= 4 is 23.4 Å². The minimum Gasteiger partial charge on any atom is -0.459 e. The third-order valence-electron chi connectivity index (χ3n) is 4.06. The molecule has 1 atom stereocenters. The predicted octanol–water partition coefficient (Wildman–Crippen LogP) is 3.59. The molecule has 2 aromatic carbocycles. The first-order valence-corrected chi connectivity index (χ1v) is 8.90. The van der Waals surface area contributed by atoms with Gasteiger partial charge < -0.3 is 15.1 Å². The Morgan fingerprint density at radius 2 is 1.70 bits per heavy atom. The van der Waals surface area contributed by atoms with Crippen LogP contribution in [0.4, 0.5) is 0 Å². The first-order chi connectivity index (χ1) is 13.1. The van der Waals surface area contributed by atoms with E-state index in [0.29, 0.717) is 11.4 Å². The Morgan fingerprint density at radius 3 is 2.41 bits per heavy atom. The maximum atomic E-state index is 12.7. The van der Waals surface area contributed by atoms with Gasteiger partial charge in [0.05, 0.1) is 6.26 Å². The van der Waals surface area contributed by atoms with E-state index in [2.05, 4.69) is 10.6 Å². The Balaban J connectivity index is 1.70. The summed E-state index contributed by atoms with van der Waals surface area (Å²) >= 11 is 6.14. The van der Waals surface area contributed by atoms with Crippen LogP contribution in [0.2, 0.25) is 5.02 Å². The van der Waals surface area contributed by atoms with E-state index in [1.54, 1.807) is 18.2 Å². The van der Waals surface area contributed by atoms with Gasteiger partial charge in [-0.25, -0.2) is 0 Å². The zero-order valence-corrected chi connectivity index (χ0v) is 15.3. The second kappa shape index (κ2) is 9.05. The smallest absolute Gasteiger partial charge is 0.287 e. The van der Waals surface area contributed by atoms with Gasteiger partial charge in [-0.05, 0) is 29.3 Å². The second-order valence-corrected chi connectivity index (χ2v) is 6.41. The molecule has 0 spiro atoms. The zero-order chi connectivity index (χ0) is 19.1. The fourth-order valence-electron chi connectivity index (χ4n) is 2.64. The molecule has 0 radical (unpaired) electrons. The van der Waals surface area contributed by atoms with Gasteiger partial charge in [0.15, 0.2) is 5.76 Å². The first-order valence-electron chi connectivity index (χ1n) is 8.53. The Morgan fingerprint density at radius 1 is 0.963 bits per heavy atom. The zero-order valence-electron chi connectivity index (χ0n) is 14.5. The fourth-order valence-corrected chi connectivity index (χ4v) is 2.85. The van der Waals surface area contributed by atoms with Crippen molar-refractivity contribution in [1.82, 2.24) is 10.6 Å². The van der Waals surface area contributed by atoms with Crippen molar-refractivity contribution in [3.05, 3.63) is 94.9 Å². The fraction of sp³-hybridized carbons (Fsp3) is 0.143. The summed E-state index contributed by atoms with van der Waals surface area (Å²) in [5, 5.41) is 6.16. The third kappa shape index (κ3) is 5.21. The van der Waals surface area contributed by atoms with Crippen molar-refractivity contribution in [3.8, 4) is 0 Å². The molecule has 138 valence electrons. The number of carbonyl (C=O) groups is 2. The van der Waals surface area contributed by atoms with Crippen LogP contribution in [-0.4, -0.2) is 17.9 Å². The molecule has 0 fully saturated rings. The van der Waals surface area contributed by atoms with Crippen LogP contribution in [0.3, 0.4) is 0 Å². The highest BCUT2D eigenvalue weighted by Crippen LogP contribution is 2.14. The molecule has 0 aliphatic heterocycles.